The number of piperidine rings is 1. The predicted octanol–water partition coefficient (Wildman–Crippen LogP) is 4.76. The van der Waals surface area contributed by atoms with Crippen LogP contribution in [0.3, 0.4) is 0 Å². The van der Waals surface area contributed by atoms with E-state index in [1.165, 1.54) is 4.90 Å². The minimum atomic E-state index is -0.169. The van der Waals surface area contributed by atoms with Gasteiger partial charge >= 0.3 is 6.03 Å². The zero-order chi connectivity index (χ0) is 22.9. The van der Waals surface area contributed by atoms with Crippen molar-refractivity contribution in [3.8, 4) is 17.2 Å². The Labute approximate surface area is 196 Å². The van der Waals surface area contributed by atoms with Gasteiger partial charge in [-0.25, -0.2) is 4.79 Å². The van der Waals surface area contributed by atoms with Crippen LogP contribution in [0.15, 0.2) is 70.4 Å². The second kappa shape index (κ2) is 8.80. The van der Waals surface area contributed by atoms with Crippen LogP contribution in [0.4, 0.5) is 10.5 Å². The van der Waals surface area contributed by atoms with Gasteiger partial charge in [-0.05, 0) is 60.6 Å². The molecule has 1 saturated heterocycles. The Kier molecular flexibility index (Phi) is 5.69. The van der Waals surface area contributed by atoms with E-state index in [1.54, 1.807) is 42.1 Å². The first-order chi connectivity index (χ1) is 16.1. The molecule has 2 atom stereocenters. The van der Waals surface area contributed by atoms with Crippen molar-refractivity contribution in [3.05, 3.63) is 82.3 Å². The highest BCUT2D eigenvalue weighted by Crippen LogP contribution is 2.40. The Balaban J connectivity index is 1.44. The number of thioether (sulfide) groups is 1. The molecule has 5 rings (SSSR count). The third kappa shape index (κ3) is 4.14. The van der Waals surface area contributed by atoms with Crippen molar-refractivity contribution in [1.82, 2.24) is 9.47 Å². The SMILES string of the molecule is CSc1ccc(-c2ccc(=O)n3c2[C@@H]2C[C@@H](CN(C(=O)Nc4cccc(C#N)c4)C2)C3)cc1. The summed E-state index contributed by atoms with van der Waals surface area (Å²) in [4.78, 5) is 28.8. The molecule has 2 bridgehead atoms. The Morgan fingerprint density at radius 3 is 2.67 bits per heavy atom. The number of amides is 2. The van der Waals surface area contributed by atoms with Crippen LogP contribution < -0.4 is 10.9 Å². The first-order valence-corrected chi connectivity index (χ1v) is 12.2. The highest BCUT2D eigenvalue weighted by atomic mass is 32.2. The van der Waals surface area contributed by atoms with E-state index < -0.39 is 0 Å². The second-order valence-electron chi connectivity index (χ2n) is 8.64. The largest absolute Gasteiger partial charge is 0.324 e. The predicted molar refractivity (Wildman–Crippen MR) is 131 cm³/mol. The van der Waals surface area contributed by atoms with Crippen LogP contribution in [-0.4, -0.2) is 34.8 Å². The fourth-order valence-corrected chi connectivity index (χ4v) is 5.47. The van der Waals surface area contributed by atoms with E-state index in [0.29, 0.717) is 30.9 Å². The van der Waals surface area contributed by atoms with Crippen molar-refractivity contribution >= 4 is 23.5 Å². The van der Waals surface area contributed by atoms with Crippen LogP contribution in [0.1, 0.15) is 23.6 Å². The summed E-state index contributed by atoms with van der Waals surface area (Å²) in [7, 11) is 0. The molecule has 3 heterocycles. The second-order valence-corrected chi connectivity index (χ2v) is 9.52. The molecule has 6 nitrogen and oxygen atoms in total. The van der Waals surface area contributed by atoms with E-state index >= 15 is 0 Å². The zero-order valence-corrected chi connectivity index (χ0v) is 19.1. The number of anilines is 1. The van der Waals surface area contributed by atoms with Crippen molar-refractivity contribution in [3.63, 3.8) is 0 Å². The van der Waals surface area contributed by atoms with Crippen LogP contribution in [-0.2, 0) is 6.54 Å². The number of aromatic nitrogens is 1. The summed E-state index contributed by atoms with van der Waals surface area (Å²) in [6.07, 6.45) is 3.02. The average molecular weight is 457 g/mol. The van der Waals surface area contributed by atoms with E-state index in [4.69, 9.17) is 5.26 Å². The number of rotatable bonds is 3. The van der Waals surface area contributed by atoms with Gasteiger partial charge in [0.05, 0.1) is 11.6 Å². The summed E-state index contributed by atoms with van der Waals surface area (Å²) >= 11 is 1.70. The lowest BCUT2D eigenvalue weighted by atomic mass is 9.80. The number of urea groups is 1. The number of benzene rings is 2. The molecule has 1 aromatic heterocycles. The number of carbonyl (C=O) groups excluding carboxylic acids is 1. The maximum Gasteiger partial charge on any atom is 0.321 e. The van der Waals surface area contributed by atoms with E-state index in [9.17, 15) is 9.59 Å². The van der Waals surface area contributed by atoms with Crippen LogP contribution in [0.5, 0.6) is 0 Å². The maximum atomic E-state index is 13.1. The summed E-state index contributed by atoms with van der Waals surface area (Å²) in [6.45, 7) is 1.79. The maximum absolute atomic E-state index is 13.1. The Hall–Kier alpha value is -3.50. The normalized spacial score (nSPS) is 18.8. The lowest BCUT2D eigenvalue weighted by molar-refractivity contribution is 0.140. The molecule has 0 spiro atoms. The molecule has 2 aromatic carbocycles. The number of hydrogen-bond donors (Lipinski definition) is 1. The number of fused-ring (bicyclic) bond motifs is 4. The van der Waals surface area contributed by atoms with E-state index in [1.807, 2.05) is 15.5 Å². The number of likely N-dealkylation sites (tertiary alicyclic amines) is 1. The highest BCUT2D eigenvalue weighted by molar-refractivity contribution is 7.98. The molecule has 166 valence electrons. The Bertz CT molecular complexity index is 1310. The van der Waals surface area contributed by atoms with Gasteiger partial charge in [0.2, 0.25) is 0 Å². The molecular weight excluding hydrogens is 432 g/mol. The van der Waals surface area contributed by atoms with E-state index in [-0.39, 0.29) is 23.4 Å². The molecule has 1 N–H and O–H groups in total. The van der Waals surface area contributed by atoms with Crippen molar-refractivity contribution in [2.24, 2.45) is 5.92 Å². The smallest absolute Gasteiger partial charge is 0.321 e. The average Bonchev–Trinajstić information content (AvgIpc) is 2.84. The lowest BCUT2D eigenvalue weighted by Gasteiger charge is -2.43. The first-order valence-electron chi connectivity index (χ1n) is 11.0. The quantitative estimate of drug-likeness (QED) is 0.577. The summed E-state index contributed by atoms with van der Waals surface area (Å²) in [5, 5.41) is 12.1. The molecule has 2 aliphatic heterocycles. The molecule has 1 fully saturated rings. The molecule has 0 radical (unpaired) electrons. The van der Waals surface area contributed by atoms with Gasteiger partial charge in [0, 0.05) is 53.5 Å². The topological polar surface area (TPSA) is 78.1 Å². The van der Waals surface area contributed by atoms with Crippen LogP contribution in [0.2, 0.25) is 0 Å². The lowest BCUT2D eigenvalue weighted by Crippen LogP contribution is -2.50. The van der Waals surface area contributed by atoms with E-state index in [0.717, 1.165) is 23.2 Å². The fraction of sp³-hybridized carbons (Fsp3) is 0.269. The van der Waals surface area contributed by atoms with Crippen LogP contribution in [0, 0.1) is 17.2 Å². The third-order valence-electron chi connectivity index (χ3n) is 6.52. The van der Waals surface area contributed by atoms with Gasteiger partial charge in [-0.3, -0.25) is 4.79 Å². The Morgan fingerprint density at radius 1 is 1.09 bits per heavy atom. The summed E-state index contributed by atoms with van der Waals surface area (Å²) < 4.78 is 1.92. The van der Waals surface area contributed by atoms with Crippen molar-refractivity contribution in [2.45, 2.75) is 23.8 Å². The minimum Gasteiger partial charge on any atom is -0.324 e. The third-order valence-corrected chi connectivity index (χ3v) is 7.26. The molecule has 2 amide bonds. The molecule has 33 heavy (non-hydrogen) atoms. The first kappa shape index (κ1) is 21.4. The number of nitrogens with zero attached hydrogens (tertiary/aromatic N) is 3. The number of hydrogen-bond acceptors (Lipinski definition) is 4. The summed E-state index contributed by atoms with van der Waals surface area (Å²) in [5.41, 5.74) is 4.32. The van der Waals surface area contributed by atoms with Gasteiger partial charge in [0.1, 0.15) is 0 Å². The van der Waals surface area contributed by atoms with Gasteiger partial charge in [-0.1, -0.05) is 18.2 Å². The van der Waals surface area contributed by atoms with Crippen molar-refractivity contribution in [2.75, 3.05) is 24.7 Å². The van der Waals surface area contributed by atoms with Gasteiger partial charge in [-0.2, -0.15) is 5.26 Å². The number of nitriles is 1. The molecule has 2 aliphatic rings. The molecule has 0 saturated carbocycles. The van der Waals surface area contributed by atoms with Crippen molar-refractivity contribution in [1.29, 1.82) is 5.26 Å². The number of carbonyl (C=O) groups is 1. The summed E-state index contributed by atoms with van der Waals surface area (Å²) in [6, 6.07) is 20.9. The highest BCUT2D eigenvalue weighted by Gasteiger charge is 2.37. The van der Waals surface area contributed by atoms with E-state index in [2.05, 4.69) is 41.9 Å². The monoisotopic (exact) mass is 456 g/mol. The molecule has 3 aromatic rings. The Morgan fingerprint density at radius 2 is 1.91 bits per heavy atom. The minimum absolute atomic E-state index is 0.0235. The molecule has 0 unspecified atom stereocenters. The molecule has 0 aliphatic carbocycles. The van der Waals surface area contributed by atoms with Crippen LogP contribution in [0.25, 0.3) is 11.1 Å². The number of nitrogens with one attached hydrogen (secondary N) is 1. The van der Waals surface area contributed by atoms with Gasteiger partial charge in [-0.15, -0.1) is 11.8 Å². The summed E-state index contributed by atoms with van der Waals surface area (Å²) in [5.74, 6) is 0.331. The molecule has 7 heteroatoms. The molecular formula is C26H24N4O2S. The van der Waals surface area contributed by atoms with Gasteiger partial charge in [0.15, 0.2) is 0 Å². The fourth-order valence-electron chi connectivity index (χ4n) is 5.06. The standard InChI is InChI=1S/C26H24N4O2S/c1-33-22-7-5-19(6-8-22)23-9-10-24(31)30-15-18-11-20(25(23)30)16-29(14-18)26(32)28-21-4-2-3-17(12-21)13-27/h2-10,12,18,20H,11,14-16H2,1H3,(H,28,32)/t18-,20+/m0/s1. The number of pyridine rings is 1. The van der Waals surface area contributed by atoms with Gasteiger partial charge in [0.25, 0.3) is 5.56 Å². The van der Waals surface area contributed by atoms with Crippen LogP contribution >= 0.6 is 11.8 Å². The zero-order valence-electron chi connectivity index (χ0n) is 18.3. The van der Waals surface area contributed by atoms with Gasteiger partial charge < -0.3 is 14.8 Å². The van der Waals surface area contributed by atoms with Crippen molar-refractivity contribution < 1.29 is 4.79 Å².